The highest BCUT2D eigenvalue weighted by Crippen LogP contribution is 2.30. The highest BCUT2D eigenvalue weighted by Gasteiger charge is 2.40. The van der Waals surface area contributed by atoms with Crippen molar-refractivity contribution < 1.29 is 27.5 Å². The van der Waals surface area contributed by atoms with Crippen molar-refractivity contribution in [1.82, 2.24) is 0 Å². The summed E-state index contributed by atoms with van der Waals surface area (Å²) in [5.41, 5.74) is 0. The van der Waals surface area contributed by atoms with Gasteiger partial charge in [-0.25, -0.2) is 9.18 Å². The van der Waals surface area contributed by atoms with Crippen LogP contribution in [0.15, 0.2) is 0 Å². The van der Waals surface area contributed by atoms with Crippen LogP contribution in [0.3, 0.4) is 0 Å². The van der Waals surface area contributed by atoms with Crippen LogP contribution in [-0.2, 0) is 4.79 Å². The van der Waals surface area contributed by atoms with Gasteiger partial charge in [-0.3, -0.25) is 0 Å². The maximum absolute atomic E-state index is 12.4. The van der Waals surface area contributed by atoms with E-state index in [1.165, 1.54) is 0 Å². The third kappa shape index (κ3) is 4.38. The fourth-order valence-corrected chi connectivity index (χ4v) is 0.500. The number of halogens is 5. The van der Waals surface area contributed by atoms with E-state index in [0.29, 0.717) is 0 Å². The van der Waals surface area contributed by atoms with Crippen LogP contribution in [0.2, 0.25) is 0 Å². The van der Waals surface area contributed by atoms with Crippen LogP contribution in [0.1, 0.15) is 12.8 Å². The number of carboxylic acid groups (broad SMARTS) is 1. The molecular formula is C5H5ClF4O2. The van der Waals surface area contributed by atoms with Gasteiger partial charge in [-0.15, -0.1) is 0 Å². The zero-order chi connectivity index (χ0) is 9.99. The first-order valence-electron chi connectivity index (χ1n) is 2.83. The summed E-state index contributed by atoms with van der Waals surface area (Å²) in [5.74, 6) is -2.10. The molecule has 0 aliphatic heterocycles. The van der Waals surface area contributed by atoms with E-state index in [-0.39, 0.29) is 0 Å². The summed E-state index contributed by atoms with van der Waals surface area (Å²) in [6, 6.07) is 0. The SMILES string of the molecule is O=C(O)C(F)(Cl)CCC(F)(F)F. The van der Waals surface area contributed by atoms with Gasteiger partial charge in [0.05, 0.1) is 0 Å². The summed E-state index contributed by atoms with van der Waals surface area (Å²) in [4.78, 5) is 9.86. The topological polar surface area (TPSA) is 37.3 Å². The summed E-state index contributed by atoms with van der Waals surface area (Å²) in [5, 5.41) is 4.64. The summed E-state index contributed by atoms with van der Waals surface area (Å²) in [6.07, 6.45) is -7.44. The molecule has 0 aliphatic carbocycles. The van der Waals surface area contributed by atoms with Crippen molar-refractivity contribution in [2.75, 3.05) is 0 Å². The molecule has 0 aliphatic rings. The van der Waals surface area contributed by atoms with Crippen LogP contribution in [0, 0.1) is 0 Å². The van der Waals surface area contributed by atoms with Crippen LogP contribution in [-0.4, -0.2) is 22.4 Å². The van der Waals surface area contributed by atoms with Crippen molar-refractivity contribution in [3.05, 3.63) is 0 Å². The molecule has 1 atom stereocenters. The lowest BCUT2D eigenvalue weighted by Gasteiger charge is -2.13. The Morgan fingerprint density at radius 2 is 1.67 bits per heavy atom. The van der Waals surface area contributed by atoms with E-state index < -0.39 is 30.1 Å². The zero-order valence-corrected chi connectivity index (χ0v) is 6.42. The van der Waals surface area contributed by atoms with Gasteiger partial charge in [0, 0.05) is 12.8 Å². The van der Waals surface area contributed by atoms with Gasteiger partial charge < -0.3 is 5.11 Å². The smallest absolute Gasteiger partial charge is 0.389 e. The molecule has 0 heterocycles. The zero-order valence-electron chi connectivity index (χ0n) is 5.66. The molecule has 7 heteroatoms. The number of aliphatic carboxylic acids is 1. The Hall–Kier alpha value is -0.520. The van der Waals surface area contributed by atoms with Crippen LogP contribution in [0.25, 0.3) is 0 Å². The first kappa shape index (κ1) is 11.5. The van der Waals surface area contributed by atoms with Gasteiger partial charge in [0.15, 0.2) is 0 Å². The van der Waals surface area contributed by atoms with Gasteiger partial charge in [0.1, 0.15) is 0 Å². The lowest BCUT2D eigenvalue weighted by Crippen LogP contribution is -2.28. The number of alkyl halides is 5. The number of rotatable bonds is 3. The Kier molecular flexibility index (Phi) is 3.32. The molecule has 1 N–H and O–H groups in total. The maximum Gasteiger partial charge on any atom is 0.389 e. The fourth-order valence-electron chi connectivity index (χ4n) is 0.406. The van der Waals surface area contributed by atoms with Crippen LogP contribution in [0.5, 0.6) is 0 Å². The summed E-state index contributed by atoms with van der Waals surface area (Å²) >= 11 is 4.61. The van der Waals surface area contributed by atoms with Crippen LogP contribution in [0.4, 0.5) is 17.6 Å². The van der Waals surface area contributed by atoms with Crippen molar-refractivity contribution in [2.45, 2.75) is 24.1 Å². The Morgan fingerprint density at radius 1 is 1.25 bits per heavy atom. The van der Waals surface area contributed by atoms with Crippen molar-refractivity contribution in [3.8, 4) is 0 Å². The second-order valence-corrected chi connectivity index (χ2v) is 2.72. The summed E-state index contributed by atoms with van der Waals surface area (Å²) in [7, 11) is 0. The molecule has 0 spiro atoms. The molecule has 0 fully saturated rings. The van der Waals surface area contributed by atoms with E-state index >= 15 is 0 Å². The molecule has 12 heavy (non-hydrogen) atoms. The highest BCUT2D eigenvalue weighted by molar-refractivity contribution is 6.32. The lowest BCUT2D eigenvalue weighted by molar-refractivity contribution is -0.153. The molecule has 0 radical (unpaired) electrons. The van der Waals surface area contributed by atoms with Crippen LogP contribution >= 0.6 is 11.6 Å². The molecule has 72 valence electrons. The lowest BCUT2D eigenvalue weighted by atomic mass is 10.2. The van der Waals surface area contributed by atoms with Gasteiger partial charge in [-0.1, -0.05) is 11.6 Å². The minimum absolute atomic E-state index is 1.28. The highest BCUT2D eigenvalue weighted by atomic mass is 35.5. The van der Waals surface area contributed by atoms with Gasteiger partial charge in [0.25, 0.3) is 5.13 Å². The summed E-state index contributed by atoms with van der Waals surface area (Å²) < 4.78 is 46.7. The largest absolute Gasteiger partial charge is 0.478 e. The molecule has 0 aromatic rings. The minimum atomic E-state index is -4.60. The van der Waals surface area contributed by atoms with E-state index in [9.17, 15) is 22.4 Å². The van der Waals surface area contributed by atoms with E-state index in [4.69, 9.17) is 5.11 Å². The number of hydrogen-bond donors (Lipinski definition) is 1. The number of hydrogen-bond acceptors (Lipinski definition) is 1. The van der Waals surface area contributed by atoms with E-state index in [0.717, 1.165) is 0 Å². The molecule has 0 saturated carbocycles. The molecule has 0 aromatic carbocycles. The second kappa shape index (κ2) is 3.47. The predicted molar refractivity (Wildman–Crippen MR) is 32.6 cm³/mol. The van der Waals surface area contributed by atoms with E-state index in [1.807, 2.05) is 0 Å². The van der Waals surface area contributed by atoms with Gasteiger partial charge in [0.2, 0.25) is 0 Å². The van der Waals surface area contributed by atoms with E-state index in [2.05, 4.69) is 11.6 Å². The number of carbonyl (C=O) groups is 1. The van der Waals surface area contributed by atoms with Crippen molar-refractivity contribution >= 4 is 17.6 Å². The van der Waals surface area contributed by atoms with Gasteiger partial charge in [-0.05, 0) is 0 Å². The fraction of sp³-hybridized carbons (Fsp3) is 0.800. The van der Waals surface area contributed by atoms with Crippen molar-refractivity contribution in [1.29, 1.82) is 0 Å². The van der Waals surface area contributed by atoms with Crippen LogP contribution < -0.4 is 0 Å². The quantitative estimate of drug-likeness (QED) is 0.571. The molecule has 0 amide bonds. The van der Waals surface area contributed by atoms with Gasteiger partial charge >= 0.3 is 12.1 Å². The maximum atomic E-state index is 12.4. The Bertz CT molecular complexity index is 177. The Labute approximate surface area is 70.1 Å². The molecular weight excluding hydrogens is 203 g/mol. The Morgan fingerprint density at radius 3 is 1.92 bits per heavy atom. The average Bonchev–Trinajstić information content (AvgIpc) is 1.82. The number of carboxylic acids is 1. The van der Waals surface area contributed by atoms with Gasteiger partial charge in [-0.2, -0.15) is 13.2 Å². The van der Waals surface area contributed by atoms with Crippen molar-refractivity contribution in [2.24, 2.45) is 0 Å². The first-order valence-corrected chi connectivity index (χ1v) is 3.21. The minimum Gasteiger partial charge on any atom is -0.478 e. The predicted octanol–water partition coefficient (Wildman–Crippen LogP) is 2.32. The second-order valence-electron chi connectivity index (χ2n) is 2.12. The Balaban J connectivity index is 4.01. The third-order valence-corrected chi connectivity index (χ3v) is 1.39. The summed E-state index contributed by atoms with van der Waals surface area (Å²) in [6.45, 7) is 0. The normalized spacial score (nSPS) is 17.1. The van der Waals surface area contributed by atoms with Crippen molar-refractivity contribution in [3.63, 3.8) is 0 Å². The third-order valence-electron chi connectivity index (χ3n) is 1.04. The monoisotopic (exact) mass is 208 g/mol. The molecule has 2 nitrogen and oxygen atoms in total. The first-order chi connectivity index (χ1) is 5.15. The van der Waals surface area contributed by atoms with E-state index in [1.54, 1.807) is 0 Å². The molecule has 0 rings (SSSR count). The molecule has 0 aromatic heterocycles. The standard InChI is InChI=1S/C5H5ClF4O2/c6-4(7,3(11)12)1-2-5(8,9)10/h1-2H2,(H,11,12). The molecule has 0 saturated heterocycles. The molecule has 0 bridgehead atoms. The molecule has 1 unspecified atom stereocenters. The average molecular weight is 209 g/mol.